The Balaban J connectivity index is 1.54. The minimum atomic E-state index is -0.988. The molecular formula is C27H25F2NO2. The SMILES string of the molecule is CCCCCc1ccc(-c2ccc(C(=O)CCOc3cc(F)c(C#N)c(F)c3)cc2)cc1. The van der Waals surface area contributed by atoms with Crippen LogP contribution in [0.2, 0.25) is 0 Å². The molecule has 0 bridgehead atoms. The summed E-state index contributed by atoms with van der Waals surface area (Å²) in [5, 5.41) is 8.69. The summed E-state index contributed by atoms with van der Waals surface area (Å²) in [6, 6.07) is 19.2. The number of carbonyl (C=O) groups is 1. The van der Waals surface area contributed by atoms with Crippen LogP contribution < -0.4 is 4.74 Å². The highest BCUT2D eigenvalue weighted by molar-refractivity contribution is 5.96. The van der Waals surface area contributed by atoms with Gasteiger partial charge in [0.25, 0.3) is 0 Å². The van der Waals surface area contributed by atoms with Gasteiger partial charge in [-0.2, -0.15) is 5.26 Å². The van der Waals surface area contributed by atoms with Crippen molar-refractivity contribution in [2.45, 2.75) is 39.0 Å². The second-order valence-corrected chi connectivity index (χ2v) is 7.63. The van der Waals surface area contributed by atoms with Gasteiger partial charge in [0.15, 0.2) is 5.78 Å². The average molecular weight is 433 g/mol. The smallest absolute Gasteiger partial charge is 0.166 e. The summed E-state index contributed by atoms with van der Waals surface area (Å²) in [5.74, 6) is -2.16. The van der Waals surface area contributed by atoms with E-state index in [1.807, 2.05) is 12.1 Å². The topological polar surface area (TPSA) is 50.1 Å². The Morgan fingerprint density at radius 3 is 2.09 bits per heavy atom. The third-order valence-electron chi connectivity index (χ3n) is 5.29. The van der Waals surface area contributed by atoms with Gasteiger partial charge in [-0.3, -0.25) is 4.79 Å². The lowest BCUT2D eigenvalue weighted by atomic mass is 9.99. The number of nitrogens with zero attached hydrogens (tertiary/aromatic N) is 1. The second kappa shape index (κ2) is 11.2. The molecule has 0 aromatic heterocycles. The van der Waals surface area contributed by atoms with Crippen molar-refractivity contribution >= 4 is 5.78 Å². The number of Topliss-reactive ketones (excluding diaryl/α,β-unsaturated/α-hetero) is 1. The normalized spacial score (nSPS) is 10.6. The molecule has 0 N–H and O–H groups in total. The maximum absolute atomic E-state index is 13.6. The molecule has 0 unspecified atom stereocenters. The summed E-state index contributed by atoms with van der Waals surface area (Å²) in [6.45, 7) is 2.17. The van der Waals surface area contributed by atoms with Crippen molar-refractivity contribution in [1.29, 1.82) is 5.26 Å². The molecule has 0 saturated carbocycles. The monoisotopic (exact) mass is 433 g/mol. The van der Waals surface area contributed by atoms with E-state index in [0.717, 1.165) is 29.7 Å². The number of hydrogen-bond acceptors (Lipinski definition) is 3. The molecule has 32 heavy (non-hydrogen) atoms. The lowest BCUT2D eigenvalue weighted by Gasteiger charge is -2.08. The van der Waals surface area contributed by atoms with Gasteiger partial charge in [0.05, 0.1) is 6.61 Å². The van der Waals surface area contributed by atoms with Gasteiger partial charge in [0.2, 0.25) is 0 Å². The van der Waals surface area contributed by atoms with Crippen LogP contribution in [0, 0.1) is 23.0 Å². The predicted molar refractivity (Wildman–Crippen MR) is 121 cm³/mol. The van der Waals surface area contributed by atoms with E-state index < -0.39 is 17.2 Å². The van der Waals surface area contributed by atoms with Gasteiger partial charge >= 0.3 is 0 Å². The molecule has 3 rings (SSSR count). The average Bonchev–Trinajstić information content (AvgIpc) is 2.80. The van der Waals surface area contributed by atoms with Gasteiger partial charge < -0.3 is 4.74 Å². The predicted octanol–water partition coefficient (Wildman–Crippen LogP) is 6.89. The lowest BCUT2D eigenvalue weighted by Crippen LogP contribution is -2.07. The molecule has 3 aromatic rings. The molecule has 0 radical (unpaired) electrons. The molecule has 164 valence electrons. The Labute approximate surface area is 187 Å². The fraction of sp³-hybridized carbons (Fsp3) is 0.259. The third kappa shape index (κ3) is 6.01. The molecule has 3 nitrogen and oxygen atoms in total. The Bertz CT molecular complexity index is 1080. The molecule has 3 aromatic carbocycles. The van der Waals surface area contributed by atoms with Gasteiger partial charge in [-0.15, -0.1) is 0 Å². The van der Waals surface area contributed by atoms with Gasteiger partial charge in [-0.05, 0) is 29.5 Å². The van der Waals surface area contributed by atoms with Crippen molar-refractivity contribution in [3.8, 4) is 22.9 Å². The van der Waals surface area contributed by atoms with Crippen molar-refractivity contribution in [1.82, 2.24) is 0 Å². The van der Waals surface area contributed by atoms with Crippen LogP contribution in [0.1, 0.15) is 54.1 Å². The van der Waals surface area contributed by atoms with Gasteiger partial charge in [0, 0.05) is 24.1 Å². The zero-order valence-electron chi connectivity index (χ0n) is 18.0. The molecule has 0 amide bonds. The number of rotatable bonds is 10. The number of aryl methyl sites for hydroxylation is 1. The van der Waals surface area contributed by atoms with E-state index in [1.54, 1.807) is 12.1 Å². The van der Waals surface area contributed by atoms with Crippen molar-refractivity contribution in [3.63, 3.8) is 0 Å². The quantitative estimate of drug-likeness (QED) is 0.258. The number of carbonyl (C=O) groups excluding carboxylic acids is 1. The number of unbranched alkanes of at least 4 members (excludes halogenated alkanes) is 2. The van der Waals surface area contributed by atoms with Crippen molar-refractivity contribution in [3.05, 3.63) is 89.0 Å². The molecule has 0 fully saturated rings. The molecule has 0 spiro atoms. The van der Waals surface area contributed by atoms with Crippen LogP contribution in [0.15, 0.2) is 60.7 Å². The second-order valence-electron chi connectivity index (χ2n) is 7.63. The minimum absolute atomic E-state index is 0.0230. The maximum atomic E-state index is 13.6. The number of ether oxygens (including phenoxy) is 1. The van der Waals surface area contributed by atoms with E-state index in [4.69, 9.17) is 10.00 Å². The standard InChI is InChI=1S/C27H25F2NO2/c1-2-3-4-5-19-6-8-20(9-7-19)21-10-12-22(13-11-21)27(31)14-15-32-23-16-25(28)24(18-30)26(29)17-23/h6-13,16-17H,2-5,14-15H2,1H3. The van der Waals surface area contributed by atoms with Crippen LogP contribution in [0.25, 0.3) is 11.1 Å². The Hall–Kier alpha value is -3.52. The molecule has 0 aliphatic carbocycles. The Morgan fingerprint density at radius 2 is 1.53 bits per heavy atom. The summed E-state index contributed by atoms with van der Waals surface area (Å²) >= 11 is 0. The van der Waals surface area contributed by atoms with Crippen molar-refractivity contribution in [2.75, 3.05) is 6.61 Å². The molecule has 0 heterocycles. The molecule has 0 aliphatic rings. The van der Waals surface area contributed by atoms with Crippen LogP contribution in [0.4, 0.5) is 8.78 Å². The van der Waals surface area contributed by atoms with Gasteiger partial charge in [-0.1, -0.05) is 68.3 Å². The van der Waals surface area contributed by atoms with Crippen LogP contribution in [0.3, 0.4) is 0 Å². The fourth-order valence-corrected chi connectivity index (χ4v) is 3.44. The van der Waals surface area contributed by atoms with Crippen LogP contribution in [-0.4, -0.2) is 12.4 Å². The summed E-state index contributed by atoms with van der Waals surface area (Å²) in [5.41, 5.74) is 3.35. The van der Waals surface area contributed by atoms with E-state index in [2.05, 4.69) is 31.2 Å². The van der Waals surface area contributed by atoms with Gasteiger partial charge in [0.1, 0.15) is 29.0 Å². The molecule has 0 saturated heterocycles. The van der Waals surface area contributed by atoms with E-state index in [1.165, 1.54) is 30.9 Å². The molecule has 0 aliphatic heterocycles. The zero-order valence-corrected chi connectivity index (χ0v) is 18.0. The molecular weight excluding hydrogens is 408 g/mol. The van der Waals surface area contributed by atoms with Crippen LogP contribution in [-0.2, 0) is 6.42 Å². The first-order valence-electron chi connectivity index (χ1n) is 10.8. The van der Waals surface area contributed by atoms with E-state index in [9.17, 15) is 13.6 Å². The summed E-state index contributed by atoms with van der Waals surface area (Å²) in [7, 11) is 0. The number of hydrogen-bond donors (Lipinski definition) is 0. The van der Waals surface area contributed by atoms with Crippen LogP contribution >= 0.6 is 0 Å². The van der Waals surface area contributed by atoms with E-state index >= 15 is 0 Å². The fourth-order valence-electron chi connectivity index (χ4n) is 3.44. The first-order chi connectivity index (χ1) is 15.5. The highest BCUT2D eigenvalue weighted by Crippen LogP contribution is 2.23. The molecule has 5 heteroatoms. The van der Waals surface area contributed by atoms with Crippen LogP contribution in [0.5, 0.6) is 5.75 Å². The number of ketones is 1. The number of benzene rings is 3. The van der Waals surface area contributed by atoms with Crippen molar-refractivity contribution in [2.24, 2.45) is 0 Å². The van der Waals surface area contributed by atoms with E-state index in [0.29, 0.717) is 5.56 Å². The number of nitriles is 1. The van der Waals surface area contributed by atoms with Gasteiger partial charge in [-0.25, -0.2) is 8.78 Å². The van der Waals surface area contributed by atoms with Crippen molar-refractivity contribution < 1.29 is 18.3 Å². The first-order valence-corrected chi connectivity index (χ1v) is 10.8. The maximum Gasteiger partial charge on any atom is 0.166 e. The highest BCUT2D eigenvalue weighted by Gasteiger charge is 2.12. The summed E-state index contributed by atoms with van der Waals surface area (Å²) < 4.78 is 32.5. The third-order valence-corrected chi connectivity index (χ3v) is 5.29. The summed E-state index contributed by atoms with van der Waals surface area (Å²) in [4.78, 5) is 12.4. The minimum Gasteiger partial charge on any atom is -0.493 e. The largest absolute Gasteiger partial charge is 0.493 e. The highest BCUT2D eigenvalue weighted by atomic mass is 19.1. The zero-order chi connectivity index (χ0) is 22.9. The molecule has 0 atom stereocenters. The van der Waals surface area contributed by atoms with E-state index in [-0.39, 0.29) is 24.6 Å². The lowest BCUT2D eigenvalue weighted by molar-refractivity contribution is 0.0962. The summed E-state index contributed by atoms with van der Waals surface area (Å²) in [6.07, 6.45) is 4.80. The Morgan fingerprint density at radius 1 is 0.938 bits per heavy atom. The number of halogens is 2. The Kier molecular flexibility index (Phi) is 8.10. The first kappa shape index (κ1) is 23.1.